The molecular formula is C28H28N2O4. The second kappa shape index (κ2) is 10.3. The van der Waals surface area contributed by atoms with Crippen molar-refractivity contribution in [3.8, 4) is 11.5 Å². The maximum atomic E-state index is 13.7. The van der Waals surface area contributed by atoms with Gasteiger partial charge in [-0.1, -0.05) is 54.6 Å². The lowest BCUT2D eigenvalue weighted by Crippen LogP contribution is -2.34. The number of amides is 2. The average Bonchev–Trinajstić information content (AvgIpc) is 3.13. The average molecular weight is 457 g/mol. The van der Waals surface area contributed by atoms with Crippen molar-refractivity contribution in [2.75, 3.05) is 20.8 Å². The fraction of sp³-hybridized carbons (Fsp3) is 0.214. The van der Waals surface area contributed by atoms with E-state index in [-0.39, 0.29) is 18.4 Å². The van der Waals surface area contributed by atoms with Crippen molar-refractivity contribution in [3.05, 3.63) is 101 Å². The summed E-state index contributed by atoms with van der Waals surface area (Å²) in [6.45, 7) is 3.29. The quantitative estimate of drug-likeness (QED) is 0.444. The van der Waals surface area contributed by atoms with Gasteiger partial charge in [0.15, 0.2) is 0 Å². The molecule has 0 aromatic heterocycles. The highest BCUT2D eigenvalue weighted by molar-refractivity contribution is 6.35. The lowest BCUT2D eigenvalue weighted by Gasteiger charge is -2.25. The maximum Gasteiger partial charge on any atom is 0.278 e. The van der Waals surface area contributed by atoms with Gasteiger partial charge < -0.3 is 14.4 Å². The van der Waals surface area contributed by atoms with Crippen molar-refractivity contribution in [3.63, 3.8) is 0 Å². The number of carbonyl (C=O) groups is 2. The van der Waals surface area contributed by atoms with Crippen LogP contribution in [0.2, 0.25) is 0 Å². The van der Waals surface area contributed by atoms with Crippen LogP contribution in [-0.2, 0) is 22.7 Å². The molecule has 0 fully saturated rings. The Kier molecular flexibility index (Phi) is 6.97. The first-order chi connectivity index (χ1) is 16.5. The van der Waals surface area contributed by atoms with Gasteiger partial charge in [-0.3, -0.25) is 14.5 Å². The first-order valence-electron chi connectivity index (χ1n) is 11.2. The normalized spacial score (nSPS) is 13.4. The van der Waals surface area contributed by atoms with E-state index in [0.29, 0.717) is 35.7 Å². The molecule has 6 heteroatoms. The van der Waals surface area contributed by atoms with Crippen molar-refractivity contribution in [2.45, 2.75) is 20.0 Å². The lowest BCUT2D eigenvalue weighted by molar-refractivity contribution is -0.138. The number of hydrogen-bond donors (Lipinski definition) is 0. The molecule has 1 aliphatic rings. The summed E-state index contributed by atoms with van der Waals surface area (Å²) in [6.07, 6.45) is 0. The van der Waals surface area contributed by atoms with Gasteiger partial charge in [0.2, 0.25) is 0 Å². The molecule has 0 spiro atoms. The second-order valence-corrected chi connectivity index (χ2v) is 8.00. The summed E-state index contributed by atoms with van der Waals surface area (Å²) in [5.74, 6) is 0.826. The zero-order valence-corrected chi connectivity index (χ0v) is 19.7. The van der Waals surface area contributed by atoms with E-state index >= 15 is 0 Å². The van der Waals surface area contributed by atoms with Crippen LogP contribution in [0.1, 0.15) is 23.6 Å². The predicted octanol–water partition coefficient (Wildman–Crippen LogP) is 4.51. The highest BCUT2D eigenvalue weighted by atomic mass is 16.5. The van der Waals surface area contributed by atoms with Crippen LogP contribution >= 0.6 is 0 Å². The van der Waals surface area contributed by atoms with Gasteiger partial charge in [-0.15, -0.1) is 0 Å². The van der Waals surface area contributed by atoms with Crippen LogP contribution in [0.15, 0.2) is 84.6 Å². The molecule has 0 saturated heterocycles. The van der Waals surface area contributed by atoms with Gasteiger partial charge in [0.05, 0.1) is 26.3 Å². The number of benzene rings is 3. The molecule has 1 aliphatic heterocycles. The minimum Gasteiger partial charge on any atom is -0.497 e. The van der Waals surface area contributed by atoms with Gasteiger partial charge in [0, 0.05) is 13.1 Å². The molecule has 0 aliphatic carbocycles. The predicted molar refractivity (Wildman–Crippen MR) is 131 cm³/mol. The van der Waals surface area contributed by atoms with Gasteiger partial charge in [0.25, 0.3) is 11.8 Å². The number of carbonyl (C=O) groups excluding carboxylic acids is 2. The summed E-state index contributed by atoms with van der Waals surface area (Å²) >= 11 is 0. The Morgan fingerprint density at radius 3 is 1.88 bits per heavy atom. The van der Waals surface area contributed by atoms with Crippen LogP contribution in [0.4, 0.5) is 0 Å². The molecule has 0 bridgehead atoms. The second-order valence-electron chi connectivity index (χ2n) is 8.00. The summed E-state index contributed by atoms with van der Waals surface area (Å²) in [7, 11) is 3.20. The molecule has 0 radical (unpaired) electrons. The van der Waals surface area contributed by atoms with Crippen molar-refractivity contribution in [2.24, 2.45) is 0 Å². The zero-order chi connectivity index (χ0) is 24.1. The lowest BCUT2D eigenvalue weighted by atomic mass is 10.0. The fourth-order valence-electron chi connectivity index (χ4n) is 4.08. The number of rotatable bonds is 9. The van der Waals surface area contributed by atoms with Gasteiger partial charge in [-0.05, 0) is 47.9 Å². The van der Waals surface area contributed by atoms with Gasteiger partial charge in [-0.25, -0.2) is 0 Å². The molecule has 3 aromatic carbocycles. The Morgan fingerprint density at radius 2 is 1.32 bits per heavy atom. The molecule has 0 saturated carbocycles. The highest BCUT2D eigenvalue weighted by Crippen LogP contribution is 2.34. The van der Waals surface area contributed by atoms with E-state index in [1.807, 2.05) is 78.6 Å². The summed E-state index contributed by atoms with van der Waals surface area (Å²) in [6, 6.07) is 24.6. The first-order valence-corrected chi connectivity index (χ1v) is 11.2. The fourth-order valence-corrected chi connectivity index (χ4v) is 4.08. The van der Waals surface area contributed by atoms with Crippen LogP contribution in [0.3, 0.4) is 0 Å². The molecule has 4 rings (SSSR count). The molecular weight excluding hydrogens is 428 g/mol. The van der Waals surface area contributed by atoms with E-state index in [1.165, 1.54) is 4.90 Å². The van der Waals surface area contributed by atoms with Gasteiger partial charge in [0.1, 0.15) is 17.2 Å². The van der Waals surface area contributed by atoms with Crippen LogP contribution in [0.25, 0.3) is 5.57 Å². The summed E-state index contributed by atoms with van der Waals surface area (Å²) in [5, 5.41) is 0. The van der Waals surface area contributed by atoms with E-state index in [2.05, 4.69) is 0 Å². The molecule has 34 heavy (non-hydrogen) atoms. The third-order valence-corrected chi connectivity index (χ3v) is 5.94. The third kappa shape index (κ3) is 4.66. The standard InChI is InChI=1S/C28H28N2O4/c1-4-29(18-20-8-6-5-7-9-20)26-25(22-12-16-24(34-3)17-13-22)27(31)30(28(26)32)19-21-10-14-23(33-2)15-11-21/h5-17H,4,18-19H2,1-3H3. The number of ether oxygens (including phenoxy) is 2. The summed E-state index contributed by atoms with van der Waals surface area (Å²) in [4.78, 5) is 30.6. The molecule has 6 nitrogen and oxygen atoms in total. The van der Waals surface area contributed by atoms with Gasteiger partial charge in [-0.2, -0.15) is 0 Å². The Morgan fingerprint density at radius 1 is 0.735 bits per heavy atom. The number of imide groups is 1. The third-order valence-electron chi connectivity index (χ3n) is 5.94. The number of nitrogens with zero attached hydrogens (tertiary/aromatic N) is 2. The van der Waals surface area contributed by atoms with E-state index in [9.17, 15) is 9.59 Å². The Balaban J connectivity index is 1.73. The molecule has 0 unspecified atom stereocenters. The number of likely N-dealkylation sites (N-methyl/N-ethyl adjacent to an activating group) is 1. The molecule has 174 valence electrons. The number of methoxy groups -OCH3 is 2. The molecule has 3 aromatic rings. The van der Waals surface area contributed by atoms with Crippen LogP contribution in [-0.4, -0.2) is 42.4 Å². The van der Waals surface area contributed by atoms with E-state index < -0.39 is 0 Å². The smallest absolute Gasteiger partial charge is 0.278 e. The van der Waals surface area contributed by atoms with Crippen LogP contribution in [0, 0.1) is 0 Å². The monoisotopic (exact) mass is 456 g/mol. The van der Waals surface area contributed by atoms with Gasteiger partial charge >= 0.3 is 0 Å². The SMILES string of the molecule is CCN(Cc1ccccc1)C1=C(c2ccc(OC)cc2)C(=O)N(Cc2ccc(OC)cc2)C1=O. The van der Waals surface area contributed by atoms with E-state index in [4.69, 9.17) is 9.47 Å². The van der Waals surface area contributed by atoms with Crippen LogP contribution < -0.4 is 9.47 Å². The minimum absolute atomic E-state index is 0.188. The van der Waals surface area contributed by atoms with Crippen molar-refractivity contribution >= 4 is 17.4 Å². The van der Waals surface area contributed by atoms with Crippen molar-refractivity contribution in [1.29, 1.82) is 0 Å². The summed E-state index contributed by atoms with van der Waals surface area (Å²) < 4.78 is 10.5. The highest BCUT2D eigenvalue weighted by Gasteiger charge is 2.41. The van der Waals surface area contributed by atoms with E-state index in [1.54, 1.807) is 26.4 Å². The Hall–Kier alpha value is -4.06. The first kappa shape index (κ1) is 23.1. The Bertz CT molecular complexity index is 1190. The Labute approximate surface area is 200 Å². The van der Waals surface area contributed by atoms with E-state index in [0.717, 1.165) is 16.9 Å². The molecule has 0 atom stereocenters. The summed E-state index contributed by atoms with van der Waals surface area (Å²) in [5.41, 5.74) is 3.45. The minimum atomic E-state index is -0.299. The molecule has 1 heterocycles. The maximum absolute atomic E-state index is 13.7. The topological polar surface area (TPSA) is 59.1 Å². The van der Waals surface area contributed by atoms with Crippen LogP contribution in [0.5, 0.6) is 11.5 Å². The molecule has 0 N–H and O–H groups in total. The van der Waals surface area contributed by atoms with Crippen molar-refractivity contribution in [1.82, 2.24) is 9.80 Å². The largest absolute Gasteiger partial charge is 0.497 e. The molecule has 2 amide bonds. The zero-order valence-electron chi connectivity index (χ0n) is 19.7. The number of hydrogen-bond acceptors (Lipinski definition) is 5. The van der Waals surface area contributed by atoms with Crippen molar-refractivity contribution < 1.29 is 19.1 Å².